The van der Waals surface area contributed by atoms with Gasteiger partial charge in [-0.05, 0) is 29.8 Å². The highest BCUT2D eigenvalue weighted by molar-refractivity contribution is 6.76. The predicted octanol–water partition coefficient (Wildman–Crippen LogP) is 4.56. The Morgan fingerprint density at radius 1 is 1.12 bits per heavy atom. The molecule has 25 heavy (non-hydrogen) atoms. The summed E-state index contributed by atoms with van der Waals surface area (Å²) >= 11 is 0. The highest BCUT2D eigenvalue weighted by Crippen LogP contribution is 2.10. The first-order chi connectivity index (χ1) is 11.9. The van der Waals surface area contributed by atoms with Crippen molar-refractivity contribution in [1.29, 1.82) is 0 Å². The van der Waals surface area contributed by atoms with Crippen LogP contribution in [-0.4, -0.2) is 25.2 Å². The number of aromatic nitrogens is 1. The monoisotopic (exact) mass is 357 g/mol. The molecule has 2 aromatic rings. The summed E-state index contributed by atoms with van der Waals surface area (Å²) in [7, 11) is -1.07. The Balaban J connectivity index is 1.79. The van der Waals surface area contributed by atoms with E-state index in [0.29, 0.717) is 6.73 Å². The molecule has 0 atom stereocenters. The Kier molecular flexibility index (Phi) is 7.22. The first-order valence-corrected chi connectivity index (χ1v) is 12.3. The molecule has 0 bridgehead atoms. The van der Waals surface area contributed by atoms with Crippen molar-refractivity contribution in [2.45, 2.75) is 39.0 Å². The SMILES string of the molecule is C[Si](C)(C)CCOCn1cccc1/C=C/C(=O)OCc1ccccc1. The summed E-state index contributed by atoms with van der Waals surface area (Å²) in [4.78, 5) is 11.8. The number of hydrogen-bond donors (Lipinski definition) is 0. The number of rotatable bonds is 9. The van der Waals surface area contributed by atoms with Crippen LogP contribution < -0.4 is 0 Å². The molecule has 0 aliphatic rings. The van der Waals surface area contributed by atoms with Gasteiger partial charge in [0, 0.05) is 32.6 Å². The molecule has 134 valence electrons. The fourth-order valence-corrected chi connectivity index (χ4v) is 2.92. The first kappa shape index (κ1) is 19.2. The highest BCUT2D eigenvalue weighted by Gasteiger charge is 2.12. The van der Waals surface area contributed by atoms with E-state index in [1.807, 2.05) is 53.2 Å². The van der Waals surface area contributed by atoms with Crippen molar-refractivity contribution in [2.75, 3.05) is 6.61 Å². The van der Waals surface area contributed by atoms with Crippen LogP contribution in [0.25, 0.3) is 6.08 Å². The van der Waals surface area contributed by atoms with Crippen LogP contribution in [0, 0.1) is 0 Å². The number of nitrogens with zero attached hydrogens (tertiary/aromatic N) is 1. The van der Waals surface area contributed by atoms with Crippen molar-refractivity contribution in [1.82, 2.24) is 4.57 Å². The van der Waals surface area contributed by atoms with Gasteiger partial charge < -0.3 is 14.0 Å². The fraction of sp³-hybridized carbons (Fsp3) is 0.350. The maximum atomic E-state index is 11.8. The zero-order valence-electron chi connectivity index (χ0n) is 15.3. The second-order valence-electron chi connectivity index (χ2n) is 7.18. The van der Waals surface area contributed by atoms with Crippen LogP contribution in [0.5, 0.6) is 0 Å². The quantitative estimate of drug-likeness (QED) is 0.286. The van der Waals surface area contributed by atoms with Gasteiger partial charge in [-0.2, -0.15) is 0 Å². The van der Waals surface area contributed by atoms with Crippen molar-refractivity contribution >= 4 is 20.1 Å². The third-order valence-electron chi connectivity index (χ3n) is 3.71. The Labute approximate surface area is 151 Å². The summed E-state index contributed by atoms with van der Waals surface area (Å²) in [5.41, 5.74) is 1.90. The van der Waals surface area contributed by atoms with Crippen LogP contribution in [0.2, 0.25) is 25.7 Å². The number of carbonyl (C=O) groups is 1. The normalized spacial score (nSPS) is 11.8. The van der Waals surface area contributed by atoms with Crippen molar-refractivity contribution in [3.05, 3.63) is 66.0 Å². The van der Waals surface area contributed by atoms with Gasteiger partial charge in [0.2, 0.25) is 0 Å². The minimum Gasteiger partial charge on any atom is -0.458 e. The van der Waals surface area contributed by atoms with Gasteiger partial charge in [0.1, 0.15) is 13.3 Å². The standard InChI is InChI=1S/C20H27NO3Si/c1-25(2,3)15-14-23-17-21-13-7-10-19(21)11-12-20(22)24-16-18-8-5-4-6-9-18/h4-13H,14-17H2,1-3H3/b12-11+. The van der Waals surface area contributed by atoms with Crippen LogP contribution >= 0.6 is 0 Å². The summed E-state index contributed by atoms with van der Waals surface area (Å²) in [6.45, 7) is 8.56. The Hall–Kier alpha value is -2.11. The molecule has 0 aliphatic carbocycles. The molecule has 0 N–H and O–H groups in total. The predicted molar refractivity (Wildman–Crippen MR) is 104 cm³/mol. The van der Waals surface area contributed by atoms with Gasteiger partial charge in [-0.15, -0.1) is 0 Å². The summed E-state index contributed by atoms with van der Waals surface area (Å²) in [5.74, 6) is -0.351. The van der Waals surface area contributed by atoms with Gasteiger partial charge in [0.15, 0.2) is 0 Å². The van der Waals surface area contributed by atoms with Crippen LogP contribution in [-0.2, 0) is 27.6 Å². The molecule has 0 spiro atoms. The average Bonchev–Trinajstić information content (AvgIpc) is 3.02. The minimum absolute atomic E-state index is 0.283. The van der Waals surface area contributed by atoms with Crippen molar-refractivity contribution in [2.24, 2.45) is 0 Å². The Morgan fingerprint density at radius 2 is 1.88 bits per heavy atom. The molecule has 0 fully saturated rings. The summed E-state index contributed by atoms with van der Waals surface area (Å²) in [6.07, 6.45) is 5.16. The third-order valence-corrected chi connectivity index (χ3v) is 5.41. The number of carbonyl (C=O) groups excluding carboxylic acids is 1. The lowest BCUT2D eigenvalue weighted by Crippen LogP contribution is -2.22. The molecule has 0 saturated carbocycles. The third kappa shape index (κ3) is 7.54. The number of esters is 1. The van der Waals surface area contributed by atoms with Crippen molar-refractivity contribution in [3.63, 3.8) is 0 Å². The van der Waals surface area contributed by atoms with E-state index in [9.17, 15) is 4.79 Å². The lowest BCUT2D eigenvalue weighted by atomic mass is 10.2. The fourth-order valence-electron chi connectivity index (χ4n) is 2.17. The second kappa shape index (κ2) is 9.39. The smallest absolute Gasteiger partial charge is 0.331 e. The second-order valence-corrected chi connectivity index (χ2v) is 12.8. The molecule has 2 rings (SSSR count). The Morgan fingerprint density at radius 3 is 2.60 bits per heavy atom. The molecule has 0 aliphatic heterocycles. The molecular formula is C20H27NO3Si. The molecule has 0 amide bonds. The van der Waals surface area contributed by atoms with Crippen molar-refractivity contribution in [3.8, 4) is 0 Å². The molecule has 1 aromatic carbocycles. The number of hydrogen-bond acceptors (Lipinski definition) is 3. The zero-order valence-corrected chi connectivity index (χ0v) is 16.3. The van der Waals surface area contributed by atoms with Gasteiger partial charge in [0.05, 0.1) is 0 Å². The van der Waals surface area contributed by atoms with E-state index in [1.54, 1.807) is 6.08 Å². The van der Waals surface area contributed by atoms with E-state index < -0.39 is 8.07 Å². The summed E-state index contributed by atoms with van der Waals surface area (Å²) in [6, 6.07) is 14.7. The highest BCUT2D eigenvalue weighted by atomic mass is 28.3. The molecule has 0 unspecified atom stereocenters. The van der Waals surface area contributed by atoms with Crippen LogP contribution in [0.4, 0.5) is 0 Å². The lowest BCUT2D eigenvalue weighted by Gasteiger charge is -2.16. The van der Waals surface area contributed by atoms with Crippen LogP contribution in [0.1, 0.15) is 11.3 Å². The summed E-state index contributed by atoms with van der Waals surface area (Å²) < 4.78 is 13.0. The molecule has 4 nitrogen and oxygen atoms in total. The number of ether oxygens (including phenoxy) is 2. The molecule has 0 saturated heterocycles. The van der Waals surface area contributed by atoms with Crippen LogP contribution in [0.3, 0.4) is 0 Å². The topological polar surface area (TPSA) is 40.5 Å². The van der Waals surface area contributed by atoms with Gasteiger partial charge in [-0.1, -0.05) is 50.0 Å². The zero-order chi connectivity index (χ0) is 18.1. The van der Waals surface area contributed by atoms with E-state index in [-0.39, 0.29) is 12.6 Å². The van der Waals surface area contributed by atoms with Crippen molar-refractivity contribution < 1.29 is 14.3 Å². The minimum atomic E-state index is -1.07. The Bertz CT molecular complexity index is 686. The van der Waals surface area contributed by atoms with Gasteiger partial charge in [0.25, 0.3) is 0 Å². The van der Waals surface area contributed by atoms with E-state index in [0.717, 1.165) is 23.9 Å². The molecule has 1 aromatic heterocycles. The van der Waals surface area contributed by atoms with Crippen LogP contribution in [0.15, 0.2) is 54.7 Å². The molecule has 5 heteroatoms. The number of benzene rings is 1. The molecule has 1 heterocycles. The maximum Gasteiger partial charge on any atom is 0.331 e. The van der Waals surface area contributed by atoms with E-state index >= 15 is 0 Å². The van der Waals surface area contributed by atoms with E-state index in [1.165, 1.54) is 6.08 Å². The van der Waals surface area contributed by atoms with E-state index in [2.05, 4.69) is 19.6 Å². The first-order valence-electron chi connectivity index (χ1n) is 8.56. The molecule has 0 radical (unpaired) electrons. The van der Waals surface area contributed by atoms with Gasteiger partial charge in [-0.25, -0.2) is 4.79 Å². The molecular weight excluding hydrogens is 330 g/mol. The largest absolute Gasteiger partial charge is 0.458 e. The lowest BCUT2D eigenvalue weighted by molar-refractivity contribution is -0.138. The van der Waals surface area contributed by atoms with E-state index in [4.69, 9.17) is 9.47 Å². The maximum absolute atomic E-state index is 11.8. The summed E-state index contributed by atoms with van der Waals surface area (Å²) in [5, 5.41) is 0. The van der Waals surface area contributed by atoms with Gasteiger partial charge in [-0.3, -0.25) is 0 Å². The average molecular weight is 358 g/mol. The van der Waals surface area contributed by atoms with Gasteiger partial charge >= 0.3 is 5.97 Å².